The van der Waals surface area contributed by atoms with Crippen LogP contribution in [-0.2, 0) is 19.2 Å². The highest BCUT2D eigenvalue weighted by Crippen LogP contribution is 2.47. The molecule has 4 atom stereocenters. The van der Waals surface area contributed by atoms with Crippen LogP contribution in [0.15, 0.2) is 0 Å². The minimum atomic E-state index is -1.40. The Hall–Kier alpha value is -2.12. The topological polar surface area (TPSA) is 147 Å². The average Bonchev–Trinajstić information content (AvgIpc) is 2.53. The molecular weight excluding hydrogens is 340 g/mol. The summed E-state index contributed by atoms with van der Waals surface area (Å²) in [5.74, 6) is -9.41. The first kappa shape index (κ1) is 20.2. The van der Waals surface area contributed by atoms with Crippen LogP contribution in [0.4, 0.5) is 0 Å². The lowest BCUT2D eigenvalue weighted by atomic mass is 9.55. The van der Waals surface area contributed by atoms with Gasteiger partial charge in [0.15, 0.2) is 0 Å². The predicted octanol–water partition coefficient (Wildman–Crippen LogP) is 0.840. The van der Waals surface area contributed by atoms with Gasteiger partial charge in [-0.25, -0.2) is 0 Å². The molecule has 0 heterocycles. The van der Waals surface area contributed by atoms with Crippen LogP contribution in [-0.4, -0.2) is 40.0 Å². The molecule has 2 fully saturated rings. The smallest absolute Gasteiger partial charge is 0.308 e. The van der Waals surface area contributed by atoms with E-state index in [2.05, 4.69) is 26.1 Å². The van der Waals surface area contributed by atoms with Crippen molar-refractivity contribution in [3.8, 4) is 0 Å². The van der Waals surface area contributed by atoms with Gasteiger partial charge >= 0.3 is 11.9 Å². The van der Waals surface area contributed by atoms with Gasteiger partial charge in [-0.05, 0) is 37.0 Å². The summed E-state index contributed by atoms with van der Waals surface area (Å²) in [4.78, 5) is 47.1. The van der Waals surface area contributed by atoms with Gasteiger partial charge in [0, 0.05) is 6.04 Å². The monoisotopic (exact) mass is 368 g/mol. The molecule has 0 aromatic rings. The molecule has 0 radical (unpaired) electrons. The first-order valence-corrected chi connectivity index (χ1v) is 9.00. The Morgan fingerprint density at radius 1 is 1.00 bits per heavy atom. The molecule has 0 aliphatic heterocycles. The van der Waals surface area contributed by atoms with E-state index in [1.165, 1.54) is 0 Å². The second-order valence-electron chi connectivity index (χ2n) is 8.64. The Morgan fingerprint density at radius 2 is 1.54 bits per heavy atom. The third-order valence-corrected chi connectivity index (χ3v) is 5.85. The Labute approximate surface area is 152 Å². The molecule has 2 amide bonds. The van der Waals surface area contributed by atoms with Crippen LogP contribution in [0.5, 0.6) is 0 Å². The van der Waals surface area contributed by atoms with Gasteiger partial charge in [-0.15, -0.1) is 0 Å². The van der Waals surface area contributed by atoms with Crippen molar-refractivity contribution in [1.82, 2.24) is 5.32 Å². The highest BCUT2D eigenvalue weighted by atomic mass is 16.4. The van der Waals surface area contributed by atoms with E-state index in [9.17, 15) is 29.4 Å². The highest BCUT2D eigenvalue weighted by Gasteiger charge is 2.63. The number of amides is 2. The second kappa shape index (κ2) is 7.25. The molecule has 0 aromatic heterocycles. The fraction of sp³-hybridized carbons (Fsp3) is 0.778. The minimum absolute atomic E-state index is 0.129. The molecule has 2 aliphatic carbocycles. The second-order valence-corrected chi connectivity index (χ2v) is 8.64. The molecule has 0 aromatic carbocycles. The number of hydrogen-bond acceptors (Lipinski definition) is 4. The van der Waals surface area contributed by atoms with Crippen molar-refractivity contribution in [2.24, 2.45) is 40.7 Å². The summed E-state index contributed by atoms with van der Waals surface area (Å²) in [7, 11) is 0. The summed E-state index contributed by atoms with van der Waals surface area (Å²) in [6.45, 7) is 6.47. The van der Waals surface area contributed by atoms with Gasteiger partial charge in [-0.2, -0.15) is 0 Å². The number of primary amides is 1. The molecular formula is C18H28N2O6. The van der Waals surface area contributed by atoms with Crippen LogP contribution < -0.4 is 11.1 Å². The molecule has 2 rings (SSSR count). The van der Waals surface area contributed by atoms with Crippen molar-refractivity contribution in [2.45, 2.75) is 52.5 Å². The zero-order valence-electron chi connectivity index (χ0n) is 15.4. The van der Waals surface area contributed by atoms with Crippen LogP contribution in [0.1, 0.15) is 46.5 Å². The molecule has 5 N–H and O–H groups in total. The zero-order chi connectivity index (χ0) is 19.8. The van der Waals surface area contributed by atoms with E-state index in [0.29, 0.717) is 5.92 Å². The fourth-order valence-corrected chi connectivity index (χ4v) is 4.77. The molecule has 2 aliphatic rings. The van der Waals surface area contributed by atoms with Crippen molar-refractivity contribution >= 4 is 23.8 Å². The molecule has 26 heavy (non-hydrogen) atoms. The standard InChI is InChI=1S/C18H28N2O6/c1-8-6-9(4-5-18(2,3)7-8)20-15(22)11-12(16(23)24)10(14(19)21)13(11)17(25)26/h8-13H,4-7H2,1-3H3,(H2,19,21)(H,20,22)(H,23,24)(H,25,26). The van der Waals surface area contributed by atoms with Crippen LogP contribution in [0, 0.1) is 35.0 Å². The number of nitrogens with one attached hydrogen (secondary N) is 1. The number of carbonyl (C=O) groups is 4. The van der Waals surface area contributed by atoms with Crippen molar-refractivity contribution in [2.75, 3.05) is 0 Å². The van der Waals surface area contributed by atoms with E-state index >= 15 is 0 Å². The van der Waals surface area contributed by atoms with Gasteiger partial charge in [-0.1, -0.05) is 20.8 Å². The summed E-state index contributed by atoms with van der Waals surface area (Å²) in [6, 6.07) is -0.129. The maximum atomic E-state index is 12.7. The molecule has 0 spiro atoms. The lowest BCUT2D eigenvalue weighted by Crippen LogP contribution is -2.63. The van der Waals surface area contributed by atoms with Gasteiger partial charge in [0.05, 0.1) is 23.7 Å². The quantitative estimate of drug-likeness (QED) is 0.529. The number of carboxylic acids is 2. The summed E-state index contributed by atoms with van der Waals surface area (Å²) < 4.78 is 0. The summed E-state index contributed by atoms with van der Waals surface area (Å²) in [6.07, 6.45) is 3.46. The highest BCUT2D eigenvalue weighted by molar-refractivity contribution is 5.99. The summed E-state index contributed by atoms with van der Waals surface area (Å²) >= 11 is 0. The van der Waals surface area contributed by atoms with Crippen LogP contribution >= 0.6 is 0 Å². The van der Waals surface area contributed by atoms with E-state index < -0.39 is 47.4 Å². The molecule has 2 saturated carbocycles. The van der Waals surface area contributed by atoms with Gasteiger partial charge in [-0.3, -0.25) is 19.2 Å². The van der Waals surface area contributed by atoms with E-state index in [0.717, 1.165) is 25.7 Å². The van der Waals surface area contributed by atoms with Gasteiger partial charge in [0.25, 0.3) is 0 Å². The number of carbonyl (C=O) groups excluding carboxylic acids is 2. The Bertz CT molecular complexity index is 595. The SMILES string of the molecule is CC1CC(NC(=O)C2C(C(=O)O)C(C(N)=O)C2C(=O)O)CCC(C)(C)C1. The molecule has 4 unspecified atom stereocenters. The molecule has 0 saturated heterocycles. The normalized spacial score (nSPS) is 36.3. The van der Waals surface area contributed by atoms with Crippen molar-refractivity contribution in [3.05, 3.63) is 0 Å². The Morgan fingerprint density at radius 3 is 2.00 bits per heavy atom. The number of hydrogen-bond donors (Lipinski definition) is 4. The maximum Gasteiger partial charge on any atom is 0.308 e. The van der Waals surface area contributed by atoms with Gasteiger partial charge in [0.2, 0.25) is 11.8 Å². The first-order chi connectivity index (χ1) is 11.9. The van der Waals surface area contributed by atoms with E-state index in [-0.39, 0.29) is 11.5 Å². The number of nitrogens with two attached hydrogens (primary N) is 1. The predicted molar refractivity (Wildman–Crippen MR) is 91.8 cm³/mol. The van der Waals surface area contributed by atoms with Crippen molar-refractivity contribution in [3.63, 3.8) is 0 Å². The molecule has 8 heteroatoms. The summed E-state index contributed by atoms with van der Waals surface area (Å²) in [5.41, 5.74) is 5.34. The molecule has 0 bridgehead atoms. The fourth-order valence-electron chi connectivity index (χ4n) is 4.77. The third-order valence-electron chi connectivity index (χ3n) is 5.85. The van der Waals surface area contributed by atoms with E-state index in [1.54, 1.807) is 0 Å². The van der Waals surface area contributed by atoms with Crippen molar-refractivity contribution in [1.29, 1.82) is 0 Å². The molecule has 146 valence electrons. The Kier molecular flexibility index (Phi) is 5.63. The van der Waals surface area contributed by atoms with Crippen LogP contribution in [0.25, 0.3) is 0 Å². The molecule has 8 nitrogen and oxygen atoms in total. The minimum Gasteiger partial charge on any atom is -0.481 e. The van der Waals surface area contributed by atoms with E-state index in [1.807, 2.05) is 0 Å². The van der Waals surface area contributed by atoms with Crippen LogP contribution in [0.2, 0.25) is 0 Å². The Balaban J connectivity index is 2.15. The largest absolute Gasteiger partial charge is 0.481 e. The van der Waals surface area contributed by atoms with Gasteiger partial charge in [0.1, 0.15) is 0 Å². The van der Waals surface area contributed by atoms with Gasteiger partial charge < -0.3 is 21.3 Å². The van der Waals surface area contributed by atoms with E-state index in [4.69, 9.17) is 5.73 Å². The lowest BCUT2D eigenvalue weighted by molar-refractivity contribution is -0.180. The maximum absolute atomic E-state index is 12.7. The number of carboxylic acid groups (broad SMARTS) is 2. The third kappa shape index (κ3) is 3.99. The number of aliphatic carboxylic acids is 2. The zero-order valence-corrected chi connectivity index (χ0v) is 15.4. The average molecular weight is 368 g/mol. The first-order valence-electron chi connectivity index (χ1n) is 9.00. The number of rotatable bonds is 5. The summed E-state index contributed by atoms with van der Waals surface area (Å²) in [5, 5.41) is 21.5. The van der Waals surface area contributed by atoms with Crippen molar-refractivity contribution < 1.29 is 29.4 Å². The van der Waals surface area contributed by atoms with Crippen LogP contribution in [0.3, 0.4) is 0 Å². The lowest BCUT2D eigenvalue weighted by Gasteiger charge is -2.45.